The zero-order valence-corrected chi connectivity index (χ0v) is 13.8. The Bertz CT molecular complexity index is 1120. The van der Waals surface area contributed by atoms with E-state index in [1.165, 1.54) is 6.07 Å². The summed E-state index contributed by atoms with van der Waals surface area (Å²) < 4.78 is 21.2. The second-order valence-electron chi connectivity index (χ2n) is 5.49. The zero-order valence-electron chi connectivity index (χ0n) is 13.8. The van der Waals surface area contributed by atoms with Crippen molar-refractivity contribution in [3.05, 3.63) is 70.9 Å². The first-order valence-corrected chi connectivity index (χ1v) is 7.85. The topological polar surface area (TPSA) is 87.6 Å². The van der Waals surface area contributed by atoms with Gasteiger partial charge < -0.3 is 18.4 Å². The maximum absolute atomic E-state index is 11.3. The summed E-state index contributed by atoms with van der Waals surface area (Å²) in [6.45, 7) is 0.0968. The first-order chi connectivity index (χ1) is 12.7. The highest BCUT2D eigenvalue weighted by atomic mass is 16.5. The van der Waals surface area contributed by atoms with Crippen LogP contribution in [0.15, 0.2) is 68.3 Å². The van der Waals surface area contributed by atoms with E-state index in [-0.39, 0.29) is 6.61 Å². The smallest absolute Gasteiger partial charge is 0.336 e. The molecule has 2 aromatic carbocycles. The Morgan fingerprint density at radius 3 is 2.81 bits per heavy atom. The Labute approximate surface area is 147 Å². The number of ether oxygens (including phenoxy) is 2. The molecule has 0 N–H and O–H groups in total. The summed E-state index contributed by atoms with van der Waals surface area (Å²) in [6.07, 6.45) is 0. The van der Waals surface area contributed by atoms with Crippen LogP contribution >= 0.6 is 0 Å². The fraction of sp³-hybridized carbons (Fsp3) is 0.105. The summed E-state index contributed by atoms with van der Waals surface area (Å²) >= 11 is 0. The lowest BCUT2D eigenvalue weighted by molar-refractivity contribution is 0.243. The highest BCUT2D eigenvalue weighted by Crippen LogP contribution is 2.23. The van der Waals surface area contributed by atoms with Gasteiger partial charge in [0.2, 0.25) is 5.82 Å². The third kappa shape index (κ3) is 3.27. The van der Waals surface area contributed by atoms with Crippen LogP contribution in [0.2, 0.25) is 0 Å². The van der Waals surface area contributed by atoms with E-state index in [0.29, 0.717) is 28.8 Å². The van der Waals surface area contributed by atoms with Crippen LogP contribution in [0, 0.1) is 0 Å². The number of nitrogens with zero attached hydrogens (tertiary/aromatic N) is 2. The van der Waals surface area contributed by atoms with E-state index in [2.05, 4.69) is 10.1 Å². The van der Waals surface area contributed by atoms with E-state index in [4.69, 9.17) is 18.4 Å². The van der Waals surface area contributed by atoms with Gasteiger partial charge in [0.1, 0.15) is 17.1 Å². The van der Waals surface area contributed by atoms with Crippen molar-refractivity contribution in [3.8, 4) is 22.9 Å². The van der Waals surface area contributed by atoms with Gasteiger partial charge in [-0.25, -0.2) is 4.79 Å². The molecule has 0 spiro atoms. The molecule has 0 amide bonds. The molecule has 7 nitrogen and oxygen atoms in total. The number of methoxy groups -OCH3 is 1. The van der Waals surface area contributed by atoms with E-state index < -0.39 is 5.63 Å². The third-order valence-electron chi connectivity index (χ3n) is 3.75. The molecular formula is C19H14N2O5. The molecule has 26 heavy (non-hydrogen) atoms. The Balaban J connectivity index is 1.50. The van der Waals surface area contributed by atoms with Crippen LogP contribution in [0.1, 0.15) is 5.89 Å². The second-order valence-corrected chi connectivity index (χ2v) is 5.49. The minimum Gasteiger partial charge on any atom is -0.497 e. The van der Waals surface area contributed by atoms with Gasteiger partial charge in [-0.15, -0.1) is 0 Å². The normalized spacial score (nSPS) is 10.8. The first-order valence-electron chi connectivity index (χ1n) is 7.85. The fourth-order valence-electron chi connectivity index (χ4n) is 2.47. The Kier molecular flexibility index (Phi) is 4.10. The zero-order chi connectivity index (χ0) is 17.9. The molecule has 0 atom stereocenters. The van der Waals surface area contributed by atoms with Crippen molar-refractivity contribution in [2.24, 2.45) is 0 Å². The molecule has 0 unspecified atom stereocenters. The van der Waals surface area contributed by atoms with E-state index in [9.17, 15) is 4.79 Å². The van der Waals surface area contributed by atoms with E-state index in [0.717, 1.165) is 10.9 Å². The largest absolute Gasteiger partial charge is 0.497 e. The van der Waals surface area contributed by atoms with Crippen molar-refractivity contribution >= 4 is 11.0 Å². The van der Waals surface area contributed by atoms with Gasteiger partial charge in [-0.2, -0.15) is 4.98 Å². The highest BCUT2D eigenvalue weighted by Gasteiger charge is 2.10. The molecular weight excluding hydrogens is 336 g/mol. The van der Waals surface area contributed by atoms with E-state index >= 15 is 0 Å². The van der Waals surface area contributed by atoms with Gasteiger partial charge >= 0.3 is 5.63 Å². The number of benzene rings is 2. The van der Waals surface area contributed by atoms with Crippen molar-refractivity contribution in [3.63, 3.8) is 0 Å². The number of hydrogen-bond acceptors (Lipinski definition) is 7. The molecule has 0 aliphatic heterocycles. The van der Waals surface area contributed by atoms with Gasteiger partial charge in [0.05, 0.1) is 7.11 Å². The molecule has 7 heteroatoms. The summed E-state index contributed by atoms with van der Waals surface area (Å²) in [5, 5.41) is 4.77. The molecule has 0 aliphatic rings. The van der Waals surface area contributed by atoms with Gasteiger partial charge in [0.15, 0.2) is 6.61 Å². The molecule has 4 aromatic rings. The van der Waals surface area contributed by atoms with Gasteiger partial charge in [0, 0.05) is 23.1 Å². The Morgan fingerprint density at radius 2 is 1.92 bits per heavy atom. The predicted octanol–water partition coefficient (Wildman–Crippen LogP) is 3.43. The Morgan fingerprint density at radius 1 is 1.04 bits per heavy atom. The summed E-state index contributed by atoms with van der Waals surface area (Å²) in [7, 11) is 1.60. The van der Waals surface area contributed by atoms with Crippen LogP contribution < -0.4 is 15.1 Å². The average Bonchev–Trinajstić information content (AvgIpc) is 3.15. The van der Waals surface area contributed by atoms with Gasteiger partial charge in [-0.3, -0.25) is 0 Å². The molecule has 2 heterocycles. The van der Waals surface area contributed by atoms with Crippen molar-refractivity contribution in [1.29, 1.82) is 0 Å². The fourth-order valence-corrected chi connectivity index (χ4v) is 2.47. The van der Waals surface area contributed by atoms with Gasteiger partial charge in [-0.1, -0.05) is 17.3 Å². The molecule has 2 aromatic heterocycles. The van der Waals surface area contributed by atoms with Crippen LogP contribution in [0.25, 0.3) is 22.4 Å². The first kappa shape index (κ1) is 15.9. The number of fused-ring (bicyclic) bond motifs is 1. The van der Waals surface area contributed by atoms with Gasteiger partial charge in [-0.05, 0) is 30.3 Å². The maximum atomic E-state index is 11.3. The quantitative estimate of drug-likeness (QED) is 0.510. The van der Waals surface area contributed by atoms with Crippen LogP contribution in [0.3, 0.4) is 0 Å². The van der Waals surface area contributed by atoms with Crippen molar-refractivity contribution in [2.75, 3.05) is 7.11 Å². The molecule has 0 bridgehead atoms. The molecule has 0 aliphatic carbocycles. The molecule has 0 saturated heterocycles. The standard InChI is InChI=1S/C19H14N2O5/c1-23-14-4-2-3-13(9-14)19-20-17(26-21-19)11-24-15-7-5-12-6-8-18(22)25-16(12)10-15/h2-10H,11H2,1H3. The highest BCUT2D eigenvalue weighted by molar-refractivity contribution is 5.77. The van der Waals surface area contributed by atoms with Gasteiger partial charge in [0.25, 0.3) is 5.89 Å². The number of aromatic nitrogens is 2. The Hall–Kier alpha value is -3.61. The minimum absolute atomic E-state index is 0.0968. The van der Waals surface area contributed by atoms with Crippen LogP contribution in [-0.2, 0) is 6.61 Å². The summed E-state index contributed by atoms with van der Waals surface area (Å²) in [5.74, 6) is 2.03. The molecule has 4 rings (SSSR count). The lowest BCUT2D eigenvalue weighted by atomic mass is 10.2. The second kappa shape index (κ2) is 6.72. The van der Waals surface area contributed by atoms with Crippen molar-refractivity contribution in [2.45, 2.75) is 6.61 Å². The van der Waals surface area contributed by atoms with Crippen LogP contribution in [0.5, 0.6) is 11.5 Å². The van der Waals surface area contributed by atoms with E-state index in [1.54, 1.807) is 25.3 Å². The van der Waals surface area contributed by atoms with Crippen molar-refractivity contribution < 1.29 is 18.4 Å². The van der Waals surface area contributed by atoms with Crippen molar-refractivity contribution in [1.82, 2.24) is 10.1 Å². The molecule has 0 saturated carbocycles. The summed E-state index contributed by atoms with van der Waals surface area (Å²) in [5.41, 5.74) is 0.832. The average molecular weight is 350 g/mol. The minimum atomic E-state index is -0.408. The molecule has 130 valence electrons. The van der Waals surface area contributed by atoms with Crippen LogP contribution in [0.4, 0.5) is 0 Å². The molecule has 0 radical (unpaired) electrons. The third-order valence-corrected chi connectivity index (χ3v) is 3.75. The maximum Gasteiger partial charge on any atom is 0.336 e. The number of rotatable bonds is 5. The summed E-state index contributed by atoms with van der Waals surface area (Å²) in [4.78, 5) is 15.6. The lowest BCUT2D eigenvalue weighted by Crippen LogP contribution is -1.97. The molecule has 0 fully saturated rings. The van der Waals surface area contributed by atoms with E-state index in [1.807, 2.05) is 30.3 Å². The SMILES string of the molecule is COc1cccc(-c2noc(COc3ccc4ccc(=O)oc4c3)n2)c1. The monoisotopic (exact) mass is 350 g/mol. The number of hydrogen-bond donors (Lipinski definition) is 0. The summed E-state index contributed by atoms with van der Waals surface area (Å²) in [6, 6.07) is 15.7. The lowest BCUT2D eigenvalue weighted by Gasteiger charge is -2.03. The predicted molar refractivity (Wildman–Crippen MR) is 93.1 cm³/mol. The van der Waals surface area contributed by atoms with Crippen LogP contribution in [-0.4, -0.2) is 17.3 Å².